The lowest BCUT2D eigenvalue weighted by atomic mass is 10.1. The monoisotopic (exact) mass is 398 g/mol. The van der Waals surface area contributed by atoms with E-state index in [-0.39, 0.29) is 17.5 Å². The third kappa shape index (κ3) is 4.53. The van der Waals surface area contributed by atoms with E-state index in [1.165, 1.54) is 30.2 Å². The lowest BCUT2D eigenvalue weighted by molar-refractivity contribution is -0.385. The van der Waals surface area contributed by atoms with Crippen molar-refractivity contribution in [1.29, 1.82) is 0 Å². The number of nitro groups is 1. The number of carbonyl (C=O) groups is 2. The molecule has 8 nitrogen and oxygen atoms in total. The first kappa shape index (κ1) is 20.3. The molecule has 0 fully saturated rings. The Balaban J connectivity index is 1.38. The van der Waals surface area contributed by atoms with Gasteiger partial charge in [0.15, 0.2) is 11.5 Å². The third-order valence-corrected chi connectivity index (χ3v) is 4.77. The molecule has 3 rings (SSSR count). The van der Waals surface area contributed by atoms with Crippen LogP contribution in [0, 0.1) is 10.1 Å². The summed E-state index contributed by atoms with van der Waals surface area (Å²) in [6.07, 6.45) is 3.24. The van der Waals surface area contributed by atoms with Crippen LogP contribution in [0.5, 0.6) is 11.5 Å². The maximum absolute atomic E-state index is 12.3. The Morgan fingerprint density at radius 3 is 2.21 bits per heavy atom. The quantitative estimate of drug-likeness (QED) is 0.261. The smallest absolute Gasteiger partial charge is 0.273 e. The Kier molecular flexibility index (Phi) is 6.43. The summed E-state index contributed by atoms with van der Waals surface area (Å²) in [4.78, 5) is 36.2. The Morgan fingerprint density at radius 2 is 1.59 bits per heavy atom. The summed E-state index contributed by atoms with van der Waals surface area (Å²) in [6.45, 7) is 0.852. The van der Waals surface area contributed by atoms with Gasteiger partial charge in [-0.1, -0.05) is 25.0 Å². The van der Waals surface area contributed by atoms with Crippen molar-refractivity contribution in [3.8, 4) is 11.5 Å². The van der Waals surface area contributed by atoms with Crippen molar-refractivity contribution >= 4 is 17.5 Å². The van der Waals surface area contributed by atoms with E-state index in [0.29, 0.717) is 35.8 Å². The number of carbonyl (C=O) groups excluding carboxylic acids is 2. The standard InChI is InChI=1S/C21H22N2O6/c1-28-19-14-15(23(26)27)10-11-18(19)29-13-7-3-2-6-12-22-20(24)16-8-4-5-9-17(16)21(22)25/h4-5,8-11,14H,2-3,6-7,12-13H2,1H3. The van der Waals surface area contributed by atoms with Crippen molar-refractivity contribution in [2.24, 2.45) is 0 Å². The molecule has 0 atom stereocenters. The number of nitro benzene ring substituents is 1. The van der Waals surface area contributed by atoms with Crippen LogP contribution in [-0.2, 0) is 0 Å². The van der Waals surface area contributed by atoms with Gasteiger partial charge in [-0.05, 0) is 31.0 Å². The van der Waals surface area contributed by atoms with E-state index in [4.69, 9.17) is 9.47 Å². The van der Waals surface area contributed by atoms with Gasteiger partial charge in [-0.2, -0.15) is 0 Å². The molecule has 2 aromatic rings. The molecule has 0 spiro atoms. The van der Waals surface area contributed by atoms with Gasteiger partial charge in [0.05, 0.1) is 35.8 Å². The SMILES string of the molecule is COc1cc([N+](=O)[O-])ccc1OCCCCCCN1C(=O)c2ccccc2C1=O. The number of benzene rings is 2. The molecule has 2 amide bonds. The van der Waals surface area contributed by atoms with Gasteiger partial charge in [-0.25, -0.2) is 0 Å². The molecule has 0 bridgehead atoms. The Labute approximate surface area is 168 Å². The van der Waals surface area contributed by atoms with Crippen LogP contribution in [0.2, 0.25) is 0 Å². The maximum atomic E-state index is 12.3. The van der Waals surface area contributed by atoms with Crippen molar-refractivity contribution in [2.45, 2.75) is 25.7 Å². The van der Waals surface area contributed by atoms with Crippen molar-refractivity contribution in [1.82, 2.24) is 4.90 Å². The van der Waals surface area contributed by atoms with E-state index >= 15 is 0 Å². The molecule has 2 aromatic carbocycles. The van der Waals surface area contributed by atoms with E-state index in [0.717, 1.165) is 25.7 Å². The molecule has 0 aromatic heterocycles. The maximum Gasteiger partial charge on any atom is 0.273 e. The first-order valence-corrected chi connectivity index (χ1v) is 9.43. The number of hydrogen-bond donors (Lipinski definition) is 0. The van der Waals surface area contributed by atoms with Crippen LogP contribution >= 0.6 is 0 Å². The molecular formula is C21H22N2O6. The molecule has 0 N–H and O–H groups in total. The van der Waals surface area contributed by atoms with Crippen LogP contribution in [-0.4, -0.2) is 41.9 Å². The van der Waals surface area contributed by atoms with Crippen LogP contribution < -0.4 is 9.47 Å². The minimum atomic E-state index is -0.485. The molecule has 0 radical (unpaired) electrons. The lowest BCUT2D eigenvalue weighted by Gasteiger charge is -2.13. The highest BCUT2D eigenvalue weighted by Crippen LogP contribution is 2.31. The summed E-state index contributed by atoms with van der Waals surface area (Å²) in [7, 11) is 1.44. The van der Waals surface area contributed by atoms with Crippen LogP contribution in [0.15, 0.2) is 42.5 Å². The summed E-state index contributed by atoms with van der Waals surface area (Å²) in [5, 5.41) is 10.8. The molecule has 29 heavy (non-hydrogen) atoms. The minimum Gasteiger partial charge on any atom is -0.493 e. The Bertz CT molecular complexity index is 892. The molecule has 8 heteroatoms. The molecule has 1 aliphatic heterocycles. The predicted octanol–water partition coefficient (Wildman–Crippen LogP) is 3.84. The van der Waals surface area contributed by atoms with E-state index in [2.05, 4.69) is 0 Å². The average molecular weight is 398 g/mol. The normalized spacial score (nSPS) is 12.8. The van der Waals surface area contributed by atoms with E-state index in [9.17, 15) is 19.7 Å². The van der Waals surface area contributed by atoms with Crippen molar-refractivity contribution in [2.75, 3.05) is 20.3 Å². The molecule has 1 heterocycles. The topological polar surface area (TPSA) is 99.0 Å². The fourth-order valence-electron chi connectivity index (χ4n) is 3.24. The summed E-state index contributed by atoms with van der Waals surface area (Å²) in [5.74, 6) is 0.340. The van der Waals surface area contributed by atoms with Gasteiger partial charge < -0.3 is 9.47 Å². The highest BCUT2D eigenvalue weighted by Gasteiger charge is 2.34. The van der Waals surface area contributed by atoms with Gasteiger partial charge >= 0.3 is 0 Å². The Hall–Kier alpha value is -3.42. The zero-order chi connectivity index (χ0) is 20.8. The molecule has 0 saturated heterocycles. The number of rotatable bonds is 10. The number of fused-ring (bicyclic) bond motifs is 1. The number of ether oxygens (including phenoxy) is 2. The second-order valence-corrected chi connectivity index (χ2v) is 6.66. The first-order chi connectivity index (χ1) is 14.0. The first-order valence-electron chi connectivity index (χ1n) is 9.43. The summed E-state index contributed by atoms with van der Waals surface area (Å²) < 4.78 is 10.8. The number of methoxy groups -OCH3 is 1. The van der Waals surface area contributed by atoms with E-state index in [1.807, 2.05) is 0 Å². The Morgan fingerprint density at radius 1 is 0.931 bits per heavy atom. The largest absolute Gasteiger partial charge is 0.493 e. The second kappa shape index (κ2) is 9.18. The van der Waals surface area contributed by atoms with Gasteiger partial charge in [-0.3, -0.25) is 24.6 Å². The molecular weight excluding hydrogens is 376 g/mol. The van der Waals surface area contributed by atoms with Crippen LogP contribution in [0.4, 0.5) is 5.69 Å². The summed E-state index contributed by atoms with van der Waals surface area (Å²) in [6, 6.07) is 11.1. The third-order valence-electron chi connectivity index (χ3n) is 4.77. The van der Waals surface area contributed by atoms with Crippen LogP contribution in [0.1, 0.15) is 46.4 Å². The van der Waals surface area contributed by atoms with Gasteiger partial charge in [0, 0.05) is 12.6 Å². The summed E-state index contributed by atoms with van der Waals surface area (Å²) >= 11 is 0. The van der Waals surface area contributed by atoms with Crippen molar-refractivity contribution < 1.29 is 24.0 Å². The number of amides is 2. The molecule has 0 aliphatic carbocycles. The minimum absolute atomic E-state index is 0.0534. The van der Waals surface area contributed by atoms with Crippen molar-refractivity contribution in [3.05, 3.63) is 63.7 Å². The van der Waals surface area contributed by atoms with Gasteiger partial charge in [0.25, 0.3) is 17.5 Å². The summed E-state index contributed by atoms with van der Waals surface area (Å²) in [5.41, 5.74) is 0.897. The fraction of sp³-hybridized carbons (Fsp3) is 0.333. The molecule has 152 valence electrons. The van der Waals surface area contributed by atoms with Gasteiger partial charge in [0.1, 0.15) is 0 Å². The number of non-ortho nitro benzene ring substituents is 1. The number of imide groups is 1. The molecule has 0 saturated carbocycles. The number of nitrogens with zero attached hydrogens (tertiary/aromatic N) is 2. The van der Waals surface area contributed by atoms with Gasteiger partial charge in [-0.15, -0.1) is 0 Å². The zero-order valence-corrected chi connectivity index (χ0v) is 16.1. The zero-order valence-electron chi connectivity index (χ0n) is 16.1. The van der Waals surface area contributed by atoms with Crippen molar-refractivity contribution in [3.63, 3.8) is 0 Å². The molecule has 1 aliphatic rings. The van der Waals surface area contributed by atoms with Gasteiger partial charge in [0.2, 0.25) is 0 Å². The number of unbranched alkanes of at least 4 members (excludes halogenated alkanes) is 3. The van der Waals surface area contributed by atoms with Crippen LogP contribution in [0.25, 0.3) is 0 Å². The lowest BCUT2D eigenvalue weighted by Crippen LogP contribution is -2.30. The predicted molar refractivity (Wildman–Crippen MR) is 105 cm³/mol. The molecule has 0 unspecified atom stereocenters. The number of hydrogen-bond acceptors (Lipinski definition) is 6. The van der Waals surface area contributed by atoms with E-state index in [1.54, 1.807) is 24.3 Å². The average Bonchev–Trinajstić information content (AvgIpc) is 2.97. The fourth-order valence-corrected chi connectivity index (χ4v) is 3.24. The van der Waals surface area contributed by atoms with E-state index < -0.39 is 4.92 Å². The highest BCUT2D eigenvalue weighted by molar-refractivity contribution is 6.21. The second-order valence-electron chi connectivity index (χ2n) is 6.66. The highest BCUT2D eigenvalue weighted by atomic mass is 16.6. The van der Waals surface area contributed by atoms with Crippen LogP contribution in [0.3, 0.4) is 0 Å².